The van der Waals surface area contributed by atoms with Gasteiger partial charge in [-0.3, -0.25) is 0 Å². The molecule has 0 aromatic heterocycles. The quantitative estimate of drug-likeness (QED) is 0.793. The molecular weight excluding hydrogens is 348 g/mol. The molecule has 28 heavy (non-hydrogen) atoms. The Morgan fingerprint density at radius 2 is 1.57 bits per heavy atom. The number of nitrogens with zero attached hydrogens (tertiary/aromatic N) is 1. The van der Waals surface area contributed by atoms with Gasteiger partial charge in [-0.25, -0.2) is 4.79 Å². The Labute approximate surface area is 167 Å². The average Bonchev–Trinajstić information content (AvgIpc) is 3.18. The molecule has 0 spiro atoms. The molecule has 4 rings (SSSR count). The third-order valence-electron chi connectivity index (χ3n) is 6.38. The van der Waals surface area contributed by atoms with E-state index >= 15 is 0 Å². The molecule has 4 heteroatoms. The van der Waals surface area contributed by atoms with E-state index < -0.39 is 5.60 Å². The number of nitrogens with one attached hydrogen (secondary N) is 1. The van der Waals surface area contributed by atoms with Crippen molar-refractivity contribution in [1.29, 1.82) is 0 Å². The summed E-state index contributed by atoms with van der Waals surface area (Å²) in [7, 11) is 0. The third-order valence-corrected chi connectivity index (χ3v) is 6.38. The molecule has 4 nitrogen and oxygen atoms in total. The van der Waals surface area contributed by atoms with E-state index in [1.807, 2.05) is 35.2 Å². The van der Waals surface area contributed by atoms with Gasteiger partial charge in [0.15, 0.2) is 0 Å². The minimum absolute atomic E-state index is 0.0429. The number of rotatable bonds is 2. The summed E-state index contributed by atoms with van der Waals surface area (Å²) in [6, 6.07) is 18.0. The fourth-order valence-corrected chi connectivity index (χ4v) is 4.76. The monoisotopic (exact) mass is 378 g/mol. The van der Waals surface area contributed by atoms with Crippen LogP contribution in [-0.2, 0) is 11.0 Å². The van der Waals surface area contributed by atoms with Gasteiger partial charge in [0.1, 0.15) is 0 Å². The molecule has 0 bridgehead atoms. The number of benzene rings is 2. The Morgan fingerprint density at radius 1 is 1.00 bits per heavy atom. The first-order chi connectivity index (χ1) is 13.2. The van der Waals surface area contributed by atoms with Crippen molar-refractivity contribution in [2.75, 3.05) is 18.4 Å². The molecule has 2 N–H and O–H groups in total. The second kappa shape index (κ2) is 6.93. The largest absolute Gasteiger partial charge is 0.385 e. The second-order valence-electron chi connectivity index (χ2n) is 9.49. The second-order valence-corrected chi connectivity index (χ2v) is 9.49. The van der Waals surface area contributed by atoms with Crippen LogP contribution in [0.15, 0.2) is 54.6 Å². The third kappa shape index (κ3) is 3.66. The van der Waals surface area contributed by atoms with Crippen molar-refractivity contribution in [2.24, 2.45) is 11.8 Å². The van der Waals surface area contributed by atoms with E-state index in [0.717, 1.165) is 24.1 Å². The molecule has 148 valence electrons. The molecule has 2 fully saturated rings. The van der Waals surface area contributed by atoms with Crippen LogP contribution in [0.5, 0.6) is 0 Å². The highest BCUT2D eigenvalue weighted by molar-refractivity contribution is 5.89. The van der Waals surface area contributed by atoms with E-state index in [-0.39, 0.29) is 11.4 Å². The SMILES string of the molecule is CC(C)(C)c1ccc(C2(O)CC3CN(C(=O)Nc4ccccc4)CC3C2)cc1. The molecule has 2 aromatic rings. The fraction of sp³-hybridized carbons (Fsp3) is 0.458. The lowest BCUT2D eigenvalue weighted by atomic mass is 9.84. The van der Waals surface area contributed by atoms with E-state index in [9.17, 15) is 9.90 Å². The van der Waals surface area contributed by atoms with Gasteiger partial charge in [0, 0.05) is 18.8 Å². The maximum Gasteiger partial charge on any atom is 0.321 e. The zero-order valence-electron chi connectivity index (χ0n) is 17.0. The number of hydrogen-bond donors (Lipinski definition) is 2. The van der Waals surface area contributed by atoms with Crippen molar-refractivity contribution in [3.63, 3.8) is 0 Å². The number of para-hydroxylation sites is 1. The van der Waals surface area contributed by atoms with Gasteiger partial charge in [-0.05, 0) is 53.4 Å². The fourth-order valence-electron chi connectivity index (χ4n) is 4.76. The summed E-state index contributed by atoms with van der Waals surface area (Å²) in [4.78, 5) is 14.5. The van der Waals surface area contributed by atoms with Crippen LogP contribution in [0.4, 0.5) is 10.5 Å². The van der Waals surface area contributed by atoms with Gasteiger partial charge < -0.3 is 15.3 Å². The molecule has 2 aliphatic rings. The number of urea groups is 1. The van der Waals surface area contributed by atoms with Gasteiger partial charge in [0.25, 0.3) is 0 Å². The Hall–Kier alpha value is -2.33. The highest BCUT2D eigenvalue weighted by Gasteiger charge is 2.49. The van der Waals surface area contributed by atoms with Crippen molar-refractivity contribution in [3.05, 3.63) is 65.7 Å². The van der Waals surface area contributed by atoms with Gasteiger partial charge in [0.05, 0.1) is 5.60 Å². The topological polar surface area (TPSA) is 52.6 Å². The van der Waals surface area contributed by atoms with Crippen LogP contribution in [-0.4, -0.2) is 29.1 Å². The van der Waals surface area contributed by atoms with Gasteiger partial charge in [0.2, 0.25) is 0 Å². The summed E-state index contributed by atoms with van der Waals surface area (Å²) in [5, 5.41) is 14.3. The lowest BCUT2D eigenvalue weighted by molar-refractivity contribution is 0.0328. The predicted octanol–water partition coefficient (Wildman–Crippen LogP) is 4.75. The van der Waals surface area contributed by atoms with Crippen LogP contribution in [0.2, 0.25) is 0 Å². The summed E-state index contributed by atoms with van der Waals surface area (Å²) < 4.78 is 0. The lowest BCUT2D eigenvalue weighted by Crippen LogP contribution is -2.35. The van der Waals surface area contributed by atoms with Crippen LogP contribution in [0.3, 0.4) is 0 Å². The number of fused-ring (bicyclic) bond motifs is 1. The zero-order valence-corrected chi connectivity index (χ0v) is 17.0. The van der Waals surface area contributed by atoms with Gasteiger partial charge in [-0.15, -0.1) is 0 Å². The molecule has 1 saturated heterocycles. The van der Waals surface area contributed by atoms with Gasteiger partial charge >= 0.3 is 6.03 Å². The number of anilines is 1. The minimum Gasteiger partial charge on any atom is -0.385 e. The Kier molecular flexibility index (Phi) is 4.70. The van der Waals surface area contributed by atoms with Crippen LogP contribution in [0, 0.1) is 11.8 Å². The van der Waals surface area contributed by atoms with Crippen LogP contribution in [0.25, 0.3) is 0 Å². The van der Waals surface area contributed by atoms with Crippen molar-refractivity contribution < 1.29 is 9.90 Å². The number of amides is 2. The molecule has 0 radical (unpaired) electrons. The van der Waals surface area contributed by atoms with E-state index in [1.165, 1.54) is 5.56 Å². The molecule has 2 unspecified atom stereocenters. The Balaban J connectivity index is 1.40. The molecule has 2 atom stereocenters. The van der Waals surface area contributed by atoms with E-state index in [0.29, 0.717) is 24.9 Å². The van der Waals surface area contributed by atoms with E-state index in [2.05, 4.69) is 50.4 Å². The molecule has 2 aromatic carbocycles. The average molecular weight is 379 g/mol. The first-order valence-corrected chi connectivity index (χ1v) is 10.2. The maximum absolute atomic E-state index is 12.6. The van der Waals surface area contributed by atoms with Gasteiger partial charge in [-0.1, -0.05) is 63.2 Å². The van der Waals surface area contributed by atoms with Crippen molar-refractivity contribution in [1.82, 2.24) is 4.90 Å². The molecular formula is C24H30N2O2. The number of carbonyl (C=O) groups is 1. The normalized spacial score (nSPS) is 26.9. The summed E-state index contributed by atoms with van der Waals surface area (Å²) in [5.74, 6) is 0.711. The standard InChI is InChI=1S/C24H30N2O2/c1-23(2,3)19-9-11-20(12-10-19)24(28)13-17-15-26(16-18(17)14-24)22(27)25-21-7-5-4-6-8-21/h4-12,17-18,28H,13-16H2,1-3H3,(H,25,27). The summed E-state index contributed by atoms with van der Waals surface area (Å²) >= 11 is 0. The number of carbonyl (C=O) groups excluding carboxylic acids is 1. The molecule has 1 saturated carbocycles. The molecule has 2 amide bonds. The highest BCUT2D eigenvalue weighted by Crippen LogP contribution is 2.49. The predicted molar refractivity (Wildman–Crippen MR) is 112 cm³/mol. The first kappa shape index (κ1) is 19.0. The molecule has 1 aliphatic carbocycles. The summed E-state index contributed by atoms with van der Waals surface area (Å²) in [5.41, 5.74) is 2.45. The van der Waals surface area contributed by atoms with Crippen LogP contribution < -0.4 is 5.32 Å². The van der Waals surface area contributed by atoms with Crippen LogP contribution in [0.1, 0.15) is 44.7 Å². The highest BCUT2D eigenvalue weighted by atomic mass is 16.3. The maximum atomic E-state index is 12.6. The minimum atomic E-state index is -0.770. The van der Waals surface area contributed by atoms with Crippen molar-refractivity contribution in [3.8, 4) is 0 Å². The number of hydrogen-bond acceptors (Lipinski definition) is 2. The Bertz CT molecular complexity index is 825. The number of likely N-dealkylation sites (tertiary alicyclic amines) is 1. The van der Waals surface area contributed by atoms with E-state index in [4.69, 9.17) is 0 Å². The first-order valence-electron chi connectivity index (χ1n) is 10.2. The zero-order chi connectivity index (χ0) is 19.9. The van der Waals surface area contributed by atoms with Crippen molar-refractivity contribution >= 4 is 11.7 Å². The molecule has 1 aliphatic heterocycles. The smallest absolute Gasteiger partial charge is 0.321 e. The lowest BCUT2D eigenvalue weighted by Gasteiger charge is -2.28. The number of aliphatic hydroxyl groups is 1. The van der Waals surface area contributed by atoms with Crippen molar-refractivity contribution in [2.45, 2.75) is 44.6 Å². The summed E-state index contributed by atoms with van der Waals surface area (Å²) in [6.45, 7) is 8.03. The summed E-state index contributed by atoms with van der Waals surface area (Å²) in [6.07, 6.45) is 1.45. The molecule has 1 heterocycles. The van der Waals surface area contributed by atoms with Crippen LogP contribution >= 0.6 is 0 Å². The van der Waals surface area contributed by atoms with Gasteiger partial charge in [-0.2, -0.15) is 0 Å². The Morgan fingerprint density at radius 3 is 2.11 bits per heavy atom. The van der Waals surface area contributed by atoms with E-state index in [1.54, 1.807) is 0 Å².